The number of rotatable bonds is 5. The number of hydrogen-bond donors (Lipinski definition) is 2. The number of amides is 1. The molecule has 3 aliphatic carbocycles. The molecule has 19 heavy (non-hydrogen) atoms. The van der Waals surface area contributed by atoms with E-state index in [0.29, 0.717) is 11.8 Å². The van der Waals surface area contributed by atoms with E-state index in [1.165, 1.54) is 38.5 Å². The molecule has 0 bridgehead atoms. The van der Waals surface area contributed by atoms with Gasteiger partial charge in [0.25, 0.3) is 0 Å². The second kappa shape index (κ2) is 5.08. The van der Waals surface area contributed by atoms with Crippen LogP contribution in [0.4, 0.5) is 0 Å². The van der Waals surface area contributed by atoms with Gasteiger partial charge in [-0.1, -0.05) is 25.7 Å². The van der Waals surface area contributed by atoms with E-state index in [9.17, 15) is 9.90 Å². The van der Waals surface area contributed by atoms with Crippen molar-refractivity contribution in [2.24, 2.45) is 11.3 Å². The number of carbonyl (C=O) groups excluding carboxylic acids is 1. The average Bonchev–Trinajstić information content (AvgIpc) is 3.12. The molecule has 1 amide bonds. The first-order chi connectivity index (χ1) is 9.12. The van der Waals surface area contributed by atoms with Crippen molar-refractivity contribution < 1.29 is 9.90 Å². The maximum atomic E-state index is 12.1. The molecule has 0 aromatic carbocycles. The lowest BCUT2D eigenvalue weighted by molar-refractivity contribution is -0.128. The lowest BCUT2D eigenvalue weighted by Crippen LogP contribution is -2.46. The number of nitrogens with one attached hydrogen (secondary N) is 1. The topological polar surface area (TPSA) is 49.3 Å². The predicted molar refractivity (Wildman–Crippen MR) is 74.7 cm³/mol. The van der Waals surface area contributed by atoms with Gasteiger partial charge in [0.15, 0.2) is 0 Å². The molecule has 0 atom stereocenters. The summed E-state index contributed by atoms with van der Waals surface area (Å²) in [6, 6.07) is 0. The molecule has 0 unspecified atom stereocenters. The Hall–Kier alpha value is -0.570. The molecule has 3 saturated carbocycles. The van der Waals surface area contributed by atoms with Gasteiger partial charge in [0, 0.05) is 6.54 Å². The van der Waals surface area contributed by atoms with Crippen molar-refractivity contribution >= 4 is 5.91 Å². The van der Waals surface area contributed by atoms with E-state index in [-0.39, 0.29) is 5.91 Å². The quantitative estimate of drug-likeness (QED) is 0.803. The van der Waals surface area contributed by atoms with Gasteiger partial charge in [0.2, 0.25) is 5.91 Å². The molecule has 2 N–H and O–H groups in total. The fourth-order valence-electron chi connectivity index (χ4n) is 4.08. The molecule has 108 valence electrons. The van der Waals surface area contributed by atoms with E-state index in [0.717, 1.165) is 38.1 Å². The lowest BCUT2D eigenvalue weighted by atomic mass is 9.65. The fourth-order valence-corrected chi connectivity index (χ4v) is 4.08. The third-order valence-electron chi connectivity index (χ3n) is 5.70. The molecule has 0 aliphatic heterocycles. The monoisotopic (exact) mass is 265 g/mol. The molecule has 3 rings (SSSR count). The van der Waals surface area contributed by atoms with Crippen LogP contribution in [0.2, 0.25) is 0 Å². The van der Waals surface area contributed by atoms with Gasteiger partial charge in [-0.15, -0.1) is 0 Å². The fraction of sp³-hybridized carbons (Fsp3) is 0.938. The van der Waals surface area contributed by atoms with Crippen LogP contribution >= 0.6 is 0 Å². The van der Waals surface area contributed by atoms with Crippen LogP contribution in [0, 0.1) is 11.3 Å². The van der Waals surface area contributed by atoms with E-state index in [1.54, 1.807) is 0 Å². The minimum atomic E-state index is -0.714. The van der Waals surface area contributed by atoms with Gasteiger partial charge in [0.1, 0.15) is 0 Å². The van der Waals surface area contributed by atoms with Crippen LogP contribution in [0.15, 0.2) is 0 Å². The van der Waals surface area contributed by atoms with Crippen LogP contribution in [-0.2, 0) is 4.79 Å². The van der Waals surface area contributed by atoms with E-state index in [4.69, 9.17) is 0 Å². The molecular weight excluding hydrogens is 238 g/mol. The Morgan fingerprint density at radius 3 is 2.26 bits per heavy atom. The minimum Gasteiger partial charge on any atom is -0.389 e. The smallest absolute Gasteiger partial charge is 0.222 e. The maximum absolute atomic E-state index is 12.1. The third-order valence-corrected chi connectivity index (χ3v) is 5.70. The molecule has 3 heteroatoms. The maximum Gasteiger partial charge on any atom is 0.222 e. The van der Waals surface area contributed by atoms with Gasteiger partial charge in [-0.25, -0.2) is 0 Å². The van der Waals surface area contributed by atoms with Crippen molar-refractivity contribution in [1.29, 1.82) is 0 Å². The number of aliphatic hydroxyl groups is 1. The Morgan fingerprint density at radius 2 is 1.74 bits per heavy atom. The van der Waals surface area contributed by atoms with Crippen LogP contribution in [0.3, 0.4) is 0 Å². The molecule has 0 saturated heterocycles. The normalized spacial score (nSPS) is 28.5. The summed E-state index contributed by atoms with van der Waals surface area (Å²) >= 11 is 0. The Balaban J connectivity index is 1.46. The van der Waals surface area contributed by atoms with Crippen LogP contribution in [-0.4, -0.2) is 23.2 Å². The van der Waals surface area contributed by atoms with Gasteiger partial charge in [-0.3, -0.25) is 4.79 Å². The molecule has 0 aromatic heterocycles. The summed E-state index contributed by atoms with van der Waals surface area (Å²) in [7, 11) is 0. The van der Waals surface area contributed by atoms with E-state index < -0.39 is 5.60 Å². The van der Waals surface area contributed by atoms with Crippen molar-refractivity contribution in [2.75, 3.05) is 6.54 Å². The zero-order valence-corrected chi connectivity index (χ0v) is 11.9. The highest BCUT2D eigenvalue weighted by molar-refractivity contribution is 5.77. The zero-order valence-electron chi connectivity index (χ0n) is 11.9. The minimum absolute atomic E-state index is 0.0660. The number of carbonyl (C=O) groups is 1. The summed E-state index contributed by atoms with van der Waals surface area (Å²) < 4.78 is 0. The van der Waals surface area contributed by atoms with Crippen LogP contribution in [0.5, 0.6) is 0 Å². The molecule has 0 heterocycles. The second-order valence-electron chi connectivity index (χ2n) is 7.23. The summed E-state index contributed by atoms with van der Waals surface area (Å²) in [4.78, 5) is 12.1. The Labute approximate surface area is 116 Å². The van der Waals surface area contributed by atoms with E-state index >= 15 is 0 Å². The van der Waals surface area contributed by atoms with Crippen molar-refractivity contribution in [3.05, 3.63) is 0 Å². The summed E-state index contributed by atoms with van der Waals surface area (Å²) in [6.07, 6.45) is 11.9. The van der Waals surface area contributed by atoms with Crippen LogP contribution < -0.4 is 5.32 Å². The first-order valence-electron chi connectivity index (χ1n) is 8.11. The lowest BCUT2D eigenvalue weighted by Gasteiger charge is -2.43. The highest BCUT2D eigenvalue weighted by Crippen LogP contribution is 2.56. The molecule has 3 aliphatic rings. The van der Waals surface area contributed by atoms with Gasteiger partial charge >= 0.3 is 0 Å². The van der Waals surface area contributed by atoms with Crippen molar-refractivity contribution in [3.63, 3.8) is 0 Å². The van der Waals surface area contributed by atoms with Crippen molar-refractivity contribution in [1.82, 2.24) is 5.32 Å². The molecule has 3 fully saturated rings. The highest BCUT2D eigenvalue weighted by atomic mass is 16.3. The van der Waals surface area contributed by atoms with Crippen molar-refractivity contribution in [3.8, 4) is 0 Å². The van der Waals surface area contributed by atoms with E-state index in [2.05, 4.69) is 5.32 Å². The van der Waals surface area contributed by atoms with Gasteiger partial charge in [-0.05, 0) is 49.9 Å². The summed E-state index contributed by atoms with van der Waals surface area (Å²) in [5.74, 6) is 0.940. The highest BCUT2D eigenvalue weighted by Gasteiger charge is 2.49. The van der Waals surface area contributed by atoms with Crippen LogP contribution in [0.1, 0.15) is 70.6 Å². The summed E-state index contributed by atoms with van der Waals surface area (Å²) in [5, 5.41) is 13.5. The second-order valence-corrected chi connectivity index (χ2v) is 7.23. The molecule has 0 radical (unpaired) electrons. The first kappa shape index (κ1) is 13.4. The standard InChI is InChI=1S/C16H27NO2/c18-14(11-16(19)9-2-1-3-10-16)17-12-15(7-4-8-15)13-5-6-13/h13,19H,1-12H2,(H,17,18). The number of hydrogen-bond acceptors (Lipinski definition) is 2. The Kier molecular flexibility index (Phi) is 3.59. The SMILES string of the molecule is O=C(CC1(O)CCCCC1)NCC1(C2CC2)CCC1. The van der Waals surface area contributed by atoms with Gasteiger partial charge < -0.3 is 10.4 Å². The molecular formula is C16H27NO2. The predicted octanol–water partition coefficient (Wildman–Crippen LogP) is 2.77. The van der Waals surface area contributed by atoms with Crippen molar-refractivity contribution in [2.45, 2.75) is 76.2 Å². The van der Waals surface area contributed by atoms with Crippen LogP contribution in [0.25, 0.3) is 0 Å². The molecule has 0 spiro atoms. The van der Waals surface area contributed by atoms with Gasteiger partial charge in [-0.2, -0.15) is 0 Å². The summed E-state index contributed by atoms with van der Waals surface area (Å²) in [5.41, 5.74) is -0.278. The molecule has 0 aromatic rings. The summed E-state index contributed by atoms with van der Waals surface area (Å²) in [6.45, 7) is 0.854. The zero-order chi connectivity index (χ0) is 13.3. The largest absolute Gasteiger partial charge is 0.389 e. The first-order valence-corrected chi connectivity index (χ1v) is 8.11. The average molecular weight is 265 g/mol. The van der Waals surface area contributed by atoms with Gasteiger partial charge in [0.05, 0.1) is 12.0 Å². The van der Waals surface area contributed by atoms with E-state index in [1.807, 2.05) is 0 Å². The Morgan fingerprint density at radius 1 is 1.05 bits per heavy atom. The molecule has 3 nitrogen and oxygen atoms in total. The Bertz CT molecular complexity index is 339. The third kappa shape index (κ3) is 2.96.